The first-order chi connectivity index (χ1) is 13.2. The Balaban J connectivity index is 1.77. The predicted octanol–water partition coefficient (Wildman–Crippen LogP) is 4.61. The van der Waals surface area contributed by atoms with Gasteiger partial charge in [0.25, 0.3) is 0 Å². The summed E-state index contributed by atoms with van der Waals surface area (Å²) < 4.78 is 24.5. The topological polar surface area (TPSA) is 61.4 Å². The molecule has 0 spiro atoms. The van der Waals surface area contributed by atoms with Crippen LogP contribution in [0.25, 0.3) is 0 Å². The molecular formula is C18H21Cl2N3O2S3. The number of thiocarbonyl (C=S) groups is 1. The largest absolute Gasteiger partial charge is 0.362 e. The van der Waals surface area contributed by atoms with E-state index in [0.29, 0.717) is 33.1 Å². The van der Waals surface area contributed by atoms with Gasteiger partial charge in [-0.15, -0.1) is 0 Å². The minimum Gasteiger partial charge on any atom is -0.362 e. The minimum absolute atomic E-state index is 0.476. The predicted molar refractivity (Wildman–Crippen MR) is 127 cm³/mol. The lowest BCUT2D eigenvalue weighted by Gasteiger charge is -2.18. The Hall–Kier alpha value is -1.19. The molecule has 10 heteroatoms. The second-order valence-electron chi connectivity index (χ2n) is 5.95. The van der Waals surface area contributed by atoms with Gasteiger partial charge in [0.05, 0.1) is 11.9 Å². The summed E-state index contributed by atoms with van der Waals surface area (Å²) in [5, 5.41) is 7.98. The van der Waals surface area contributed by atoms with E-state index in [-0.39, 0.29) is 0 Å². The van der Waals surface area contributed by atoms with Gasteiger partial charge in [0, 0.05) is 40.8 Å². The highest BCUT2D eigenvalue weighted by Gasteiger charge is 2.12. The first-order valence-electron chi connectivity index (χ1n) is 8.27. The number of anilines is 2. The SMILES string of the molecule is CN(c1cccc(NC(=S)NCCSCc2ccc(Cl)cc2Cl)c1)S(C)(=O)=O. The first kappa shape index (κ1) is 23.1. The van der Waals surface area contributed by atoms with Crippen molar-refractivity contribution in [2.24, 2.45) is 0 Å². The van der Waals surface area contributed by atoms with Crippen LogP contribution in [-0.4, -0.2) is 39.1 Å². The van der Waals surface area contributed by atoms with E-state index in [1.807, 2.05) is 18.2 Å². The summed E-state index contributed by atoms with van der Waals surface area (Å²) in [6.45, 7) is 0.685. The van der Waals surface area contributed by atoms with Gasteiger partial charge in [-0.05, 0) is 48.1 Å². The number of rotatable bonds is 8. The standard InChI is InChI=1S/C18H21Cl2N3O2S3/c1-23(28(2,24)25)16-5-3-4-15(11-16)22-18(26)21-8-9-27-12-13-6-7-14(19)10-17(13)20/h3-7,10-11H,8-9,12H2,1-2H3,(H2,21,22,26). The molecule has 0 heterocycles. The van der Waals surface area contributed by atoms with E-state index >= 15 is 0 Å². The third kappa shape index (κ3) is 7.33. The van der Waals surface area contributed by atoms with Gasteiger partial charge < -0.3 is 10.6 Å². The highest BCUT2D eigenvalue weighted by Crippen LogP contribution is 2.24. The van der Waals surface area contributed by atoms with Crippen LogP contribution in [-0.2, 0) is 15.8 Å². The average Bonchev–Trinajstić information content (AvgIpc) is 2.62. The van der Waals surface area contributed by atoms with Crippen molar-refractivity contribution in [3.63, 3.8) is 0 Å². The third-order valence-electron chi connectivity index (χ3n) is 3.77. The zero-order valence-corrected chi connectivity index (χ0v) is 19.4. The zero-order chi connectivity index (χ0) is 20.7. The quantitative estimate of drug-likeness (QED) is 0.427. The number of thioether (sulfide) groups is 1. The van der Waals surface area contributed by atoms with Crippen LogP contribution in [0.15, 0.2) is 42.5 Å². The molecule has 5 nitrogen and oxygen atoms in total. The first-order valence-corrected chi connectivity index (χ1v) is 12.4. The fourth-order valence-corrected chi connectivity index (χ4v) is 4.34. The van der Waals surface area contributed by atoms with Gasteiger partial charge in [-0.25, -0.2) is 8.42 Å². The highest BCUT2D eigenvalue weighted by molar-refractivity contribution is 7.98. The van der Waals surface area contributed by atoms with Crippen molar-refractivity contribution in [1.29, 1.82) is 0 Å². The summed E-state index contributed by atoms with van der Waals surface area (Å²) in [6, 6.07) is 12.5. The van der Waals surface area contributed by atoms with Gasteiger partial charge in [-0.3, -0.25) is 4.31 Å². The van der Waals surface area contributed by atoms with E-state index in [1.165, 1.54) is 11.4 Å². The fraction of sp³-hybridized carbons (Fsp3) is 0.278. The van der Waals surface area contributed by atoms with E-state index in [4.69, 9.17) is 35.4 Å². The van der Waals surface area contributed by atoms with Crippen molar-refractivity contribution in [2.45, 2.75) is 5.75 Å². The van der Waals surface area contributed by atoms with Gasteiger partial charge in [0.2, 0.25) is 10.0 Å². The summed E-state index contributed by atoms with van der Waals surface area (Å²) in [4.78, 5) is 0. The molecule has 2 aromatic rings. The molecule has 0 radical (unpaired) electrons. The summed E-state index contributed by atoms with van der Waals surface area (Å²) in [5.74, 6) is 1.63. The van der Waals surface area contributed by atoms with Crippen molar-refractivity contribution in [2.75, 3.05) is 35.2 Å². The normalized spacial score (nSPS) is 11.1. The van der Waals surface area contributed by atoms with Crippen LogP contribution >= 0.6 is 47.2 Å². The number of nitrogens with zero attached hydrogens (tertiary/aromatic N) is 1. The van der Waals surface area contributed by atoms with E-state index in [9.17, 15) is 8.42 Å². The lowest BCUT2D eigenvalue weighted by molar-refractivity contribution is 0.600. The summed E-state index contributed by atoms with van der Waals surface area (Å²) >= 11 is 19.1. The van der Waals surface area contributed by atoms with Gasteiger partial charge in [0.15, 0.2) is 5.11 Å². The maximum Gasteiger partial charge on any atom is 0.231 e. The summed E-state index contributed by atoms with van der Waals surface area (Å²) in [7, 11) is -1.80. The number of hydrogen-bond acceptors (Lipinski definition) is 4. The average molecular weight is 478 g/mol. The molecule has 2 N–H and O–H groups in total. The Kier molecular flexibility index (Phi) is 8.70. The van der Waals surface area contributed by atoms with Crippen LogP contribution in [0, 0.1) is 0 Å². The van der Waals surface area contributed by atoms with Gasteiger partial charge in [0.1, 0.15) is 0 Å². The number of benzene rings is 2. The Labute approximate surface area is 185 Å². The summed E-state index contributed by atoms with van der Waals surface area (Å²) in [5.41, 5.74) is 2.32. The van der Waals surface area contributed by atoms with E-state index in [0.717, 1.165) is 23.3 Å². The van der Waals surface area contributed by atoms with Crippen LogP contribution in [0.2, 0.25) is 10.0 Å². The van der Waals surface area contributed by atoms with E-state index in [2.05, 4.69) is 10.6 Å². The minimum atomic E-state index is -3.31. The Bertz CT molecular complexity index is 939. The van der Waals surface area contributed by atoms with Crippen molar-refractivity contribution < 1.29 is 8.42 Å². The van der Waals surface area contributed by atoms with Crippen LogP contribution in [0.1, 0.15) is 5.56 Å². The maximum absolute atomic E-state index is 11.7. The van der Waals surface area contributed by atoms with E-state index in [1.54, 1.807) is 36.0 Å². The van der Waals surface area contributed by atoms with Crippen LogP contribution < -0.4 is 14.9 Å². The smallest absolute Gasteiger partial charge is 0.231 e. The van der Waals surface area contributed by atoms with Gasteiger partial charge in [-0.1, -0.05) is 35.3 Å². The van der Waals surface area contributed by atoms with Gasteiger partial charge in [-0.2, -0.15) is 11.8 Å². The number of hydrogen-bond donors (Lipinski definition) is 2. The van der Waals surface area contributed by atoms with Crippen LogP contribution in [0.3, 0.4) is 0 Å². The molecule has 0 fully saturated rings. The Morgan fingerprint density at radius 3 is 2.64 bits per heavy atom. The lowest BCUT2D eigenvalue weighted by atomic mass is 10.2. The molecular weight excluding hydrogens is 457 g/mol. The molecule has 0 unspecified atom stereocenters. The number of sulfonamides is 1. The molecule has 0 aliphatic heterocycles. The van der Waals surface area contributed by atoms with Crippen molar-refractivity contribution in [1.82, 2.24) is 5.32 Å². The van der Waals surface area contributed by atoms with Gasteiger partial charge >= 0.3 is 0 Å². The molecule has 0 atom stereocenters. The van der Waals surface area contributed by atoms with Crippen molar-refractivity contribution in [3.05, 3.63) is 58.1 Å². The lowest BCUT2D eigenvalue weighted by Crippen LogP contribution is -2.30. The highest BCUT2D eigenvalue weighted by atomic mass is 35.5. The van der Waals surface area contributed by atoms with Crippen molar-refractivity contribution >= 4 is 73.7 Å². The molecule has 0 aliphatic carbocycles. The molecule has 0 aromatic heterocycles. The molecule has 152 valence electrons. The molecule has 2 aromatic carbocycles. The second kappa shape index (κ2) is 10.5. The third-order valence-corrected chi connectivity index (χ3v) is 6.82. The monoisotopic (exact) mass is 477 g/mol. The molecule has 0 saturated carbocycles. The maximum atomic E-state index is 11.7. The molecule has 0 saturated heterocycles. The Morgan fingerprint density at radius 2 is 1.96 bits per heavy atom. The fourth-order valence-electron chi connectivity index (χ4n) is 2.20. The molecule has 0 aliphatic rings. The second-order valence-corrected chi connectivity index (χ2v) is 10.3. The zero-order valence-electron chi connectivity index (χ0n) is 15.4. The summed E-state index contributed by atoms with van der Waals surface area (Å²) in [6.07, 6.45) is 1.16. The Morgan fingerprint density at radius 1 is 1.21 bits per heavy atom. The number of nitrogens with one attached hydrogen (secondary N) is 2. The van der Waals surface area contributed by atoms with Crippen molar-refractivity contribution in [3.8, 4) is 0 Å². The van der Waals surface area contributed by atoms with Crippen LogP contribution in [0.4, 0.5) is 11.4 Å². The van der Waals surface area contributed by atoms with Crippen LogP contribution in [0.5, 0.6) is 0 Å². The molecule has 0 amide bonds. The number of halogens is 2. The molecule has 0 bridgehead atoms. The molecule has 28 heavy (non-hydrogen) atoms. The molecule has 2 rings (SSSR count). The van der Waals surface area contributed by atoms with E-state index < -0.39 is 10.0 Å².